The van der Waals surface area contributed by atoms with Crippen LogP contribution >= 0.6 is 22.6 Å². The Bertz CT molecular complexity index is 386. The molecule has 74 valence electrons. The summed E-state index contributed by atoms with van der Waals surface area (Å²) in [5.74, 6) is -2.16. The highest BCUT2D eigenvalue weighted by Gasteiger charge is 2.19. The van der Waals surface area contributed by atoms with Crippen LogP contribution in [0.4, 0.5) is 0 Å². The second-order valence-corrected chi connectivity index (χ2v) is 3.72. The number of carboxylic acids is 1. The summed E-state index contributed by atoms with van der Waals surface area (Å²) in [6.45, 7) is 0. The van der Waals surface area contributed by atoms with Crippen molar-refractivity contribution >= 4 is 34.3 Å². The second-order valence-electron chi connectivity index (χ2n) is 2.48. The Morgan fingerprint density at radius 3 is 2.57 bits per heavy atom. The van der Waals surface area contributed by atoms with Crippen LogP contribution in [0.1, 0.15) is 10.4 Å². The molecule has 0 aliphatic heterocycles. The van der Waals surface area contributed by atoms with Crippen LogP contribution in [-0.4, -0.2) is 24.0 Å². The zero-order chi connectivity index (χ0) is 10.7. The SMILES string of the molecule is COc1ccc(I)cc1C(=O)C(=O)O. The number of rotatable bonds is 3. The van der Waals surface area contributed by atoms with Crippen molar-refractivity contribution < 1.29 is 19.4 Å². The number of benzene rings is 1. The van der Waals surface area contributed by atoms with Crippen molar-refractivity contribution in [2.24, 2.45) is 0 Å². The summed E-state index contributed by atoms with van der Waals surface area (Å²) in [6.07, 6.45) is 0. The lowest BCUT2D eigenvalue weighted by atomic mass is 10.1. The predicted molar refractivity (Wildman–Crippen MR) is 57.7 cm³/mol. The molecule has 0 atom stereocenters. The van der Waals surface area contributed by atoms with E-state index in [4.69, 9.17) is 9.84 Å². The summed E-state index contributed by atoms with van der Waals surface area (Å²) in [5.41, 5.74) is 0.0758. The highest BCUT2D eigenvalue weighted by Crippen LogP contribution is 2.21. The van der Waals surface area contributed by atoms with Gasteiger partial charge in [-0.05, 0) is 40.8 Å². The maximum atomic E-state index is 11.2. The van der Waals surface area contributed by atoms with Crippen LogP contribution in [0.2, 0.25) is 0 Å². The number of hydrogen-bond acceptors (Lipinski definition) is 3. The molecule has 0 saturated carbocycles. The molecule has 5 heteroatoms. The highest BCUT2D eigenvalue weighted by molar-refractivity contribution is 14.1. The van der Waals surface area contributed by atoms with E-state index in [2.05, 4.69) is 0 Å². The van der Waals surface area contributed by atoms with Crippen molar-refractivity contribution in [1.82, 2.24) is 0 Å². The van der Waals surface area contributed by atoms with Gasteiger partial charge in [-0.25, -0.2) is 4.79 Å². The van der Waals surface area contributed by atoms with Crippen molar-refractivity contribution in [2.45, 2.75) is 0 Å². The van der Waals surface area contributed by atoms with Gasteiger partial charge in [-0.15, -0.1) is 0 Å². The molecule has 1 aromatic rings. The molecule has 1 N–H and O–H groups in total. The Hall–Kier alpha value is -1.11. The Balaban J connectivity index is 3.23. The van der Waals surface area contributed by atoms with E-state index in [9.17, 15) is 9.59 Å². The van der Waals surface area contributed by atoms with Gasteiger partial charge in [0, 0.05) is 3.57 Å². The molecular weight excluding hydrogens is 299 g/mol. The third-order valence-electron chi connectivity index (χ3n) is 1.60. The molecule has 4 nitrogen and oxygen atoms in total. The molecule has 14 heavy (non-hydrogen) atoms. The number of carbonyl (C=O) groups excluding carboxylic acids is 1. The molecule has 0 aromatic heterocycles. The summed E-state index contributed by atoms with van der Waals surface area (Å²) in [6, 6.07) is 4.78. The van der Waals surface area contributed by atoms with Crippen LogP contribution in [0.3, 0.4) is 0 Å². The van der Waals surface area contributed by atoms with Crippen LogP contribution in [-0.2, 0) is 4.79 Å². The number of ketones is 1. The first kappa shape index (κ1) is 11.0. The monoisotopic (exact) mass is 306 g/mol. The van der Waals surface area contributed by atoms with Crippen LogP contribution < -0.4 is 4.74 Å². The van der Waals surface area contributed by atoms with Crippen LogP contribution in [0.25, 0.3) is 0 Å². The van der Waals surface area contributed by atoms with E-state index in [1.54, 1.807) is 12.1 Å². The summed E-state index contributed by atoms with van der Waals surface area (Å²) in [5, 5.41) is 8.54. The van der Waals surface area contributed by atoms with Gasteiger partial charge < -0.3 is 9.84 Å². The minimum atomic E-state index is -1.48. The number of halogens is 1. The minimum Gasteiger partial charge on any atom is -0.496 e. The maximum absolute atomic E-state index is 11.2. The quantitative estimate of drug-likeness (QED) is 0.523. The first-order chi connectivity index (χ1) is 6.56. The Morgan fingerprint density at radius 2 is 2.07 bits per heavy atom. The molecule has 0 unspecified atom stereocenters. The number of methoxy groups -OCH3 is 1. The largest absolute Gasteiger partial charge is 0.496 e. The number of aliphatic carboxylic acids is 1. The number of carbonyl (C=O) groups is 2. The topological polar surface area (TPSA) is 63.6 Å². The second kappa shape index (κ2) is 4.41. The van der Waals surface area contributed by atoms with Gasteiger partial charge in [0.1, 0.15) is 5.75 Å². The average molecular weight is 306 g/mol. The van der Waals surface area contributed by atoms with E-state index in [0.717, 1.165) is 3.57 Å². The van der Waals surface area contributed by atoms with Gasteiger partial charge in [0.05, 0.1) is 12.7 Å². The standard InChI is InChI=1S/C9H7IO4/c1-14-7-3-2-5(10)4-6(7)8(11)9(12)13/h2-4H,1H3,(H,12,13). The summed E-state index contributed by atoms with van der Waals surface area (Å²) in [7, 11) is 1.39. The molecule has 0 saturated heterocycles. The minimum absolute atomic E-state index is 0.0758. The maximum Gasteiger partial charge on any atom is 0.377 e. The van der Waals surface area contributed by atoms with Crippen LogP contribution in [0, 0.1) is 3.57 Å². The lowest BCUT2D eigenvalue weighted by Gasteiger charge is -2.05. The summed E-state index contributed by atoms with van der Waals surface area (Å²) < 4.78 is 5.67. The van der Waals surface area contributed by atoms with E-state index >= 15 is 0 Å². The zero-order valence-electron chi connectivity index (χ0n) is 7.28. The number of Topliss-reactive ketones (excluding diaryl/α,β-unsaturated/α-hetero) is 1. The van der Waals surface area contributed by atoms with Gasteiger partial charge in [0.15, 0.2) is 0 Å². The van der Waals surface area contributed by atoms with E-state index in [-0.39, 0.29) is 11.3 Å². The van der Waals surface area contributed by atoms with Crippen LogP contribution in [0.5, 0.6) is 5.75 Å². The Kier molecular flexibility index (Phi) is 3.45. The molecular formula is C9H7IO4. The highest BCUT2D eigenvalue weighted by atomic mass is 127. The van der Waals surface area contributed by atoms with E-state index in [1.165, 1.54) is 13.2 Å². The van der Waals surface area contributed by atoms with Crippen LogP contribution in [0.15, 0.2) is 18.2 Å². The molecule has 0 radical (unpaired) electrons. The molecule has 0 fully saturated rings. The van der Waals surface area contributed by atoms with Gasteiger partial charge in [-0.1, -0.05) is 0 Å². The zero-order valence-corrected chi connectivity index (χ0v) is 9.44. The molecule has 0 amide bonds. The molecule has 0 spiro atoms. The fourth-order valence-corrected chi connectivity index (χ4v) is 1.46. The molecule has 0 aliphatic carbocycles. The number of ether oxygens (including phenoxy) is 1. The predicted octanol–water partition coefficient (Wildman–Crippen LogP) is 1.57. The number of hydrogen-bond donors (Lipinski definition) is 1. The van der Waals surface area contributed by atoms with Crippen molar-refractivity contribution in [1.29, 1.82) is 0 Å². The fourth-order valence-electron chi connectivity index (χ4n) is 0.973. The molecule has 1 aromatic carbocycles. The van der Waals surface area contributed by atoms with Gasteiger partial charge in [0.25, 0.3) is 5.78 Å². The molecule has 0 heterocycles. The van der Waals surface area contributed by atoms with Gasteiger partial charge in [-0.2, -0.15) is 0 Å². The summed E-state index contributed by atoms with van der Waals surface area (Å²) in [4.78, 5) is 21.7. The third-order valence-corrected chi connectivity index (χ3v) is 2.27. The lowest BCUT2D eigenvalue weighted by Crippen LogP contribution is -2.14. The van der Waals surface area contributed by atoms with Crippen molar-refractivity contribution in [3.8, 4) is 5.75 Å². The van der Waals surface area contributed by atoms with Gasteiger partial charge in [-0.3, -0.25) is 4.79 Å². The Labute approximate surface area is 94.0 Å². The van der Waals surface area contributed by atoms with E-state index in [1.807, 2.05) is 22.6 Å². The van der Waals surface area contributed by atoms with Gasteiger partial charge in [0.2, 0.25) is 0 Å². The lowest BCUT2D eigenvalue weighted by molar-refractivity contribution is -0.131. The normalized spacial score (nSPS) is 9.57. The first-order valence-corrected chi connectivity index (χ1v) is 4.75. The molecule has 1 rings (SSSR count). The van der Waals surface area contributed by atoms with E-state index < -0.39 is 11.8 Å². The molecule has 0 bridgehead atoms. The Morgan fingerprint density at radius 1 is 1.43 bits per heavy atom. The van der Waals surface area contributed by atoms with Crippen molar-refractivity contribution in [3.63, 3.8) is 0 Å². The average Bonchev–Trinajstić information content (AvgIpc) is 2.16. The van der Waals surface area contributed by atoms with Gasteiger partial charge >= 0.3 is 5.97 Å². The number of carboxylic acid groups (broad SMARTS) is 1. The first-order valence-electron chi connectivity index (χ1n) is 3.67. The molecule has 0 aliphatic rings. The van der Waals surface area contributed by atoms with Crippen molar-refractivity contribution in [3.05, 3.63) is 27.3 Å². The van der Waals surface area contributed by atoms with Crippen molar-refractivity contribution in [2.75, 3.05) is 7.11 Å². The fraction of sp³-hybridized carbons (Fsp3) is 0.111. The third kappa shape index (κ3) is 2.22. The smallest absolute Gasteiger partial charge is 0.377 e. The summed E-state index contributed by atoms with van der Waals surface area (Å²) >= 11 is 1.99. The van der Waals surface area contributed by atoms with E-state index in [0.29, 0.717) is 0 Å².